The molecular weight excluding hydrogens is 132 g/mol. The molecule has 0 spiro atoms. The standard InChI is InChI=1S/C6H6N2O2/c7-5-1-6(10-4-9)3-8-2-5/h1-4H,7H2. The van der Waals surface area contributed by atoms with Crippen molar-refractivity contribution in [1.82, 2.24) is 4.98 Å². The number of carbonyl (C=O) groups is 1. The van der Waals surface area contributed by atoms with Crippen molar-refractivity contribution in [3.8, 4) is 5.75 Å². The normalized spacial score (nSPS) is 8.80. The molecule has 0 unspecified atom stereocenters. The first-order valence-corrected chi connectivity index (χ1v) is 2.64. The highest BCUT2D eigenvalue weighted by molar-refractivity contribution is 5.48. The van der Waals surface area contributed by atoms with Crippen LogP contribution in [-0.2, 0) is 4.79 Å². The summed E-state index contributed by atoms with van der Waals surface area (Å²) in [7, 11) is 0. The van der Waals surface area contributed by atoms with Crippen LogP contribution in [-0.4, -0.2) is 11.5 Å². The fourth-order valence-electron chi connectivity index (χ4n) is 0.556. The molecule has 10 heavy (non-hydrogen) atoms. The number of hydrogen-bond acceptors (Lipinski definition) is 4. The number of nitrogen functional groups attached to an aromatic ring is 1. The Kier molecular flexibility index (Phi) is 1.84. The highest BCUT2D eigenvalue weighted by Crippen LogP contribution is 2.10. The number of aromatic nitrogens is 1. The van der Waals surface area contributed by atoms with Crippen LogP contribution in [0.2, 0.25) is 0 Å². The van der Waals surface area contributed by atoms with Crippen molar-refractivity contribution < 1.29 is 9.53 Å². The van der Waals surface area contributed by atoms with Gasteiger partial charge in [0.15, 0.2) is 5.75 Å². The summed E-state index contributed by atoms with van der Waals surface area (Å²) in [5, 5.41) is 0. The Morgan fingerprint density at radius 3 is 3.00 bits per heavy atom. The molecule has 0 bridgehead atoms. The highest BCUT2D eigenvalue weighted by Gasteiger charge is 1.91. The molecule has 0 aliphatic rings. The van der Waals surface area contributed by atoms with Gasteiger partial charge in [0.05, 0.1) is 18.1 Å². The number of ether oxygens (including phenoxy) is 1. The molecule has 4 nitrogen and oxygen atoms in total. The van der Waals surface area contributed by atoms with Crippen LogP contribution in [0.15, 0.2) is 18.5 Å². The Hall–Kier alpha value is -1.58. The van der Waals surface area contributed by atoms with Crippen molar-refractivity contribution in [2.45, 2.75) is 0 Å². The quantitative estimate of drug-likeness (QED) is 0.593. The molecule has 0 amide bonds. The summed E-state index contributed by atoms with van der Waals surface area (Å²) in [5.41, 5.74) is 5.80. The monoisotopic (exact) mass is 138 g/mol. The smallest absolute Gasteiger partial charge is 0.298 e. The Morgan fingerprint density at radius 2 is 2.40 bits per heavy atom. The molecule has 0 aromatic carbocycles. The fraction of sp³-hybridized carbons (Fsp3) is 0. The number of rotatable bonds is 2. The van der Waals surface area contributed by atoms with Crippen LogP contribution < -0.4 is 10.5 Å². The number of carbonyl (C=O) groups excluding carboxylic acids is 1. The van der Waals surface area contributed by atoms with Crippen LogP contribution in [0.3, 0.4) is 0 Å². The lowest BCUT2D eigenvalue weighted by Gasteiger charge is -1.95. The van der Waals surface area contributed by atoms with Gasteiger partial charge in [-0.3, -0.25) is 9.78 Å². The minimum absolute atomic E-state index is 0.330. The molecule has 1 aromatic heterocycles. The van der Waals surface area contributed by atoms with Crippen LogP contribution in [0.1, 0.15) is 0 Å². The van der Waals surface area contributed by atoms with Gasteiger partial charge >= 0.3 is 0 Å². The van der Waals surface area contributed by atoms with Gasteiger partial charge in [0.25, 0.3) is 6.47 Å². The zero-order valence-corrected chi connectivity index (χ0v) is 5.15. The fourth-order valence-corrected chi connectivity index (χ4v) is 0.556. The van der Waals surface area contributed by atoms with Crippen LogP contribution in [0, 0.1) is 0 Å². The summed E-state index contributed by atoms with van der Waals surface area (Å²) >= 11 is 0. The molecule has 1 aromatic rings. The number of pyridine rings is 1. The van der Waals surface area contributed by atoms with Gasteiger partial charge in [0, 0.05) is 6.07 Å². The van der Waals surface area contributed by atoms with Gasteiger partial charge in [-0.2, -0.15) is 0 Å². The van der Waals surface area contributed by atoms with E-state index in [0.717, 1.165) is 0 Å². The summed E-state index contributed by atoms with van der Waals surface area (Å²) in [5.74, 6) is 0.356. The molecule has 0 atom stereocenters. The number of anilines is 1. The van der Waals surface area contributed by atoms with Crippen molar-refractivity contribution in [3.63, 3.8) is 0 Å². The van der Waals surface area contributed by atoms with E-state index < -0.39 is 0 Å². The first-order chi connectivity index (χ1) is 4.83. The molecule has 0 saturated carbocycles. The highest BCUT2D eigenvalue weighted by atomic mass is 16.5. The van der Waals surface area contributed by atoms with E-state index in [9.17, 15) is 4.79 Å². The lowest BCUT2D eigenvalue weighted by atomic mass is 10.4. The van der Waals surface area contributed by atoms with Crippen molar-refractivity contribution >= 4 is 12.2 Å². The van der Waals surface area contributed by atoms with E-state index in [1.165, 1.54) is 18.5 Å². The maximum Gasteiger partial charge on any atom is 0.298 e. The van der Waals surface area contributed by atoms with E-state index in [1.54, 1.807) is 0 Å². The molecule has 0 aliphatic carbocycles. The van der Waals surface area contributed by atoms with Gasteiger partial charge in [0.2, 0.25) is 0 Å². The minimum Gasteiger partial charge on any atom is -0.427 e. The van der Waals surface area contributed by atoms with E-state index >= 15 is 0 Å². The minimum atomic E-state index is 0.330. The summed E-state index contributed by atoms with van der Waals surface area (Å²) < 4.78 is 4.46. The summed E-state index contributed by atoms with van der Waals surface area (Å²) in [6, 6.07) is 1.52. The van der Waals surface area contributed by atoms with Crippen molar-refractivity contribution in [2.24, 2.45) is 0 Å². The largest absolute Gasteiger partial charge is 0.427 e. The second kappa shape index (κ2) is 2.82. The van der Waals surface area contributed by atoms with Crippen LogP contribution in [0.25, 0.3) is 0 Å². The predicted octanol–water partition coefficient (Wildman–Crippen LogP) is 0.199. The van der Waals surface area contributed by atoms with Crippen molar-refractivity contribution in [1.29, 1.82) is 0 Å². The third-order valence-corrected chi connectivity index (χ3v) is 0.919. The SMILES string of the molecule is Nc1cncc(OC=O)c1. The van der Waals surface area contributed by atoms with Crippen LogP contribution in [0.4, 0.5) is 5.69 Å². The maximum absolute atomic E-state index is 9.79. The molecule has 0 aliphatic heterocycles. The molecule has 0 saturated heterocycles. The average molecular weight is 138 g/mol. The van der Waals surface area contributed by atoms with E-state index in [2.05, 4.69) is 9.72 Å². The number of hydrogen-bond donors (Lipinski definition) is 1. The first-order valence-electron chi connectivity index (χ1n) is 2.64. The lowest BCUT2D eigenvalue weighted by molar-refractivity contribution is -0.120. The maximum atomic E-state index is 9.79. The van der Waals surface area contributed by atoms with E-state index in [4.69, 9.17) is 5.73 Å². The third-order valence-electron chi connectivity index (χ3n) is 0.919. The van der Waals surface area contributed by atoms with E-state index in [-0.39, 0.29) is 0 Å². The van der Waals surface area contributed by atoms with E-state index in [0.29, 0.717) is 17.9 Å². The van der Waals surface area contributed by atoms with E-state index in [1.807, 2.05) is 0 Å². The van der Waals surface area contributed by atoms with Gasteiger partial charge in [-0.05, 0) is 0 Å². The molecule has 4 heteroatoms. The summed E-state index contributed by atoms with van der Waals surface area (Å²) in [4.78, 5) is 13.5. The van der Waals surface area contributed by atoms with Gasteiger partial charge in [-0.15, -0.1) is 0 Å². The molecular formula is C6H6N2O2. The Bertz CT molecular complexity index is 237. The van der Waals surface area contributed by atoms with Gasteiger partial charge < -0.3 is 10.5 Å². The third kappa shape index (κ3) is 1.45. The number of nitrogens with two attached hydrogens (primary N) is 1. The van der Waals surface area contributed by atoms with Gasteiger partial charge in [-0.1, -0.05) is 0 Å². The first kappa shape index (κ1) is 6.54. The second-order valence-corrected chi connectivity index (χ2v) is 1.67. The summed E-state index contributed by atoms with van der Waals surface area (Å²) in [6.45, 7) is 0.330. The zero-order valence-electron chi connectivity index (χ0n) is 5.15. The van der Waals surface area contributed by atoms with Gasteiger partial charge in [-0.25, -0.2) is 0 Å². The second-order valence-electron chi connectivity index (χ2n) is 1.67. The molecule has 1 heterocycles. The van der Waals surface area contributed by atoms with Crippen LogP contribution >= 0.6 is 0 Å². The van der Waals surface area contributed by atoms with Crippen LogP contribution in [0.5, 0.6) is 5.75 Å². The van der Waals surface area contributed by atoms with Gasteiger partial charge in [0.1, 0.15) is 0 Å². The molecule has 2 N–H and O–H groups in total. The summed E-state index contributed by atoms with van der Waals surface area (Å²) in [6.07, 6.45) is 2.88. The molecule has 1 rings (SSSR count). The average Bonchev–Trinajstić information content (AvgIpc) is 1.88. The van der Waals surface area contributed by atoms with Crippen molar-refractivity contribution in [3.05, 3.63) is 18.5 Å². The molecule has 52 valence electrons. The zero-order chi connectivity index (χ0) is 7.40. The van der Waals surface area contributed by atoms with Crippen molar-refractivity contribution in [2.75, 3.05) is 5.73 Å². The molecule has 0 fully saturated rings. The topological polar surface area (TPSA) is 65.2 Å². The number of nitrogens with zero attached hydrogens (tertiary/aromatic N) is 1. The molecule has 0 radical (unpaired) electrons. The Labute approximate surface area is 57.6 Å². The predicted molar refractivity (Wildman–Crippen MR) is 35.3 cm³/mol. The Balaban J connectivity index is 2.84. The Morgan fingerprint density at radius 1 is 1.60 bits per heavy atom. The lowest BCUT2D eigenvalue weighted by Crippen LogP contribution is -1.91.